The average molecular weight is 273 g/mol. The first-order chi connectivity index (χ1) is 8.71. The lowest BCUT2D eigenvalue weighted by molar-refractivity contribution is -0.150. The lowest BCUT2D eigenvalue weighted by Gasteiger charge is -2.14. The normalized spacial score (nSPS) is 13.7. The van der Waals surface area contributed by atoms with Gasteiger partial charge in [0, 0.05) is 6.20 Å². The Hall–Kier alpha value is -2.12. The number of rotatable bonds is 2. The number of pyridine rings is 1. The van der Waals surface area contributed by atoms with Gasteiger partial charge >= 0.3 is 12.1 Å². The van der Waals surface area contributed by atoms with Crippen molar-refractivity contribution in [1.29, 1.82) is 0 Å². The molecule has 102 valence electrons. The van der Waals surface area contributed by atoms with E-state index in [0.29, 0.717) is 10.1 Å². The third-order valence-electron chi connectivity index (χ3n) is 2.66. The van der Waals surface area contributed by atoms with E-state index in [4.69, 9.17) is 5.11 Å². The van der Waals surface area contributed by atoms with E-state index in [1.807, 2.05) is 0 Å². The van der Waals surface area contributed by atoms with E-state index in [-0.39, 0.29) is 11.2 Å². The van der Waals surface area contributed by atoms with Crippen molar-refractivity contribution in [3.63, 3.8) is 0 Å². The summed E-state index contributed by atoms with van der Waals surface area (Å²) in [5.41, 5.74) is 0.585. The minimum atomic E-state index is -4.74. The monoisotopic (exact) mass is 273 g/mol. The second kappa shape index (κ2) is 4.22. The Kier molecular flexibility index (Phi) is 2.95. The summed E-state index contributed by atoms with van der Waals surface area (Å²) in [5, 5.41) is 8.91. The van der Waals surface area contributed by atoms with Crippen molar-refractivity contribution in [2.45, 2.75) is 26.1 Å². The van der Waals surface area contributed by atoms with Crippen LogP contribution < -0.4 is 0 Å². The van der Waals surface area contributed by atoms with Gasteiger partial charge in [-0.3, -0.25) is 4.57 Å². The van der Waals surface area contributed by atoms with Crippen molar-refractivity contribution in [1.82, 2.24) is 14.5 Å². The molecule has 0 aliphatic carbocycles. The minimum absolute atomic E-state index is 0.0282. The first kappa shape index (κ1) is 13.3. The molecular formula is C11H10F3N3O2. The number of fused-ring (bicyclic) bond motifs is 1. The maximum atomic E-state index is 12.9. The summed E-state index contributed by atoms with van der Waals surface area (Å²) in [6.45, 7) is 2.82. The zero-order valence-electron chi connectivity index (χ0n) is 10.1. The van der Waals surface area contributed by atoms with Gasteiger partial charge in [-0.2, -0.15) is 13.2 Å². The Labute approximate surface area is 105 Å². The summed E-state index contributed by atoms with van der Waals surface area (Å²) in [4.78, 5) is 18.3. The second-order valence-corrected chi connectivity index (χ2v) is 4.17. The molecule has 1 N–H and O–H groups in total. The summed E-state index contributed by atoms with van der Waals surface area (Å²) in [5.74, 6) is -2.64. The molecule has 2 heterocycles. The lowest BCUT2D eigenvalue weighted by atomic mass is 10.3. The summed E-state index contributed by atoms with van der Waals surface area (Å²) in [6.07, 6.45) is -3.37. The molecule has 5 nitrogen and oxygen atoms in total. The van der Waals surface area contributed by atoms with Crippen molar-refractivity contribution in [3.8, 4) is 0 Å². The van der Waals surface area contributed by atoms with Crippen LogP contribution in [-0.4, -0.2) is 25.6 Å². The van der Waals surface area contributed by atoms with Gasteiger partial charge in [0.2, 0.25) is 5.82 Å². The van der Waals surface area contributed by atoms with Gasteiger partial charge in [-0.05, 0) is 25.5 Å². The zero-order chi connectivity index (χ0) is 14.4. The standard InChI is InChI=1S/C11H10F3N3O2/c1-5-3-7-8(15-4-5)17(6(2)9(18)19)10(16-7)11(12,13)14/h3-4,6H,1-2H3,(H,18,19). The molecule has 0 aromatic carbocycles. The van der Waals surface area contributed by atoms with Gasteiger partial charge < -0.3 is 5.11 Å². The zero-order valence-corrected chi connectivity index (χ0v) is 10.1. The first-order valence-corrected chi connectivity index (χ1v) is 5.36. The van der Waals surface area contributed by atoms with Crippen LogP contribution in [0.3, 0.4) is 0 Å². The molecule has 0 fully saturated rings. The Morgan fingerprint density at radius 1 is 1.47 bits per heavy atom. The van der Waals surface area contributed by atoms with Crippen LogP contribution in [0.5, 0.6) is 0 Å². The number of carbonyl (C=O) groups is 1. The number of hydrogen-bond acceptors (Lipinski definition) is 3. The molecule has 0 radical (unpaired) electrons. The van der Waals surface area contributed by atoms with Crippen molar-refractivity contribution < 1.29 is 23.1 Å². The molecule has 2 aromatic rings. The molecule has 0 saturated carbocycles. The molecule has 1 atom stereocenters. The first-order valence-electron chi connectivity index (χ1n) is 5.36. The number of nitrogens with zero attached hydrogens (tertiary/aromatic N) is 3. The highest BCUT2D eigenvalue weighted by Gasteiger charge is 2.40. The fourth-order valence-electron chi connectivity index (χ4n) is 1.76. The van der Waals surface area contributed by atoms with Crippen LogP contribution in [-0.2, 0) is 11.0 Å². The predicted octanol–water partition coefficient (Wildman–Crippen LogP) is 2.40. The van der Waals surface area contributed by atoms with Crippen molar-refractivity contribution in [2.75, 3.05) is 0 Å². The molecule has 0 bridgehead atoms. The minimum Gasteiger partial charge on any atom is -0.480 e. The van der Waals surface area contributed by atoms with Gasteiger partial charge in [-0.25, -0.2) is 14.8 Å². The van der Waals surface area contributed by atoms with Crippen LogP contribution >= 0.6 is 0 Å². The van der Waals surface area contributed by atoms with Crippen molar-refractivity contribution in [3.05, 3.63) is 23.7 Å². The molecule has 0 saturated heterocycles. The van der Waals surface area contributed by atoms with Crippen molar-refractivity contribution in [2.24, 2.45) is 0 Å². The SMILES string of the molecule is Cc1cnc2c(c1)nc(C(F)(F)F)n2C(C)C(=O)O. The van der Waals surface area contributed by atoms with E-state index >= 15 is 0 Å². The maximum Gasteiger partial charge on any atom is 0.449 e. The predicted molar refractivity (Wildman–Crippen MR) is 59.6 cm³/mol. The highest BCUT2D eigenvalue weighted by Crippen LogP contribution is 2.33. The largest absolute Gasteiger partial charge is 0.480 e. The Morgan fingerprint density at radius 3 is 2.63 bits per heavy atom. The highest BCUT2D eigenvalue weighted by atomic mass is 19.4. The van der Waals surface area contributed by atoms with Gasteiger partial charge in [0.15, 0.2) is 5.65 Å². The summed E-state index contributed by atoms with van der Waals surface area (Å²) in [6, 6.07) is 0.0275. The van der Waals surface area contributed by atoms with E-state index in [2.05, 4.69) is 9.97 Å². The molecule has 19 heavy (non-hydrogen) atoms. The van der Waals surface area contributed by atoms with Crippen LogP contribution in [0.15, 0.2) is 12.3 Å². The molecule has 2 rings (SSSR count). The van der Waals surface area contributed by atoms with E-state index < -0.39 is 24.0 Å². The van der Waals surface area contributed by atoms with Gasteiger partial charge in [0.1, 0.15) is 11.6 Å². The molecule has 2 aromatic heterocycles. The van der Waals surface area contributed by atoms with Crippen LogP contribution in [0.25, 0.3) is 11.2 Å². The molecule has 0 aliphatic rings. The quantitative estimate of drug-likeness (QED) is 0.912. The molecule has 0 aliphatic heterocycles. The van der Waals surface area contributed by atoms with Crippen LogP contribution in [0.4, 0.5) is 13.2 Å². The van der Waals surface area contributed by atoms with Gasteiger partial charge in [-0.15, -0.1) is 0 Å². The molecule has 8 heteroatoms. The highest BCUT2D eigenvalue weighted by molar-refractivity contribution is 5.78. The molecule has 1 unspecified atom stereocenters. The number of carboxylic acid groups (broad SMARTS) is 1. The number of alkyl halides is 3. The Morgan fingerprint density at radius 2 is 2.11 bits per heavy atom. The van der Waals surface area contributed by atoms with Gasteiger partial charge in [0.25, 0.3) is 0 Å². The number of aromatic nitrogens is 3. The number of aliphatic carboxylic acids is 1. The number of hydrogen-bond donors (Lipinski definition) is 1. The van der Waals surface area contributed by atoms with Gasteiger partial charge in [-0.1, -0.05) is 0 Å². The van der Waals surface area contributed by atoms with Crippen LogP contribution in [0, 0.1) is 6.92 Å². The van der Waals surface area contributed by atoms with Gasteiger partial charge in [0.05, 0.1) is 0 Å². The van der Waals surface area contributed by atoms with E-state index in [1.54, 1.807) is 6.92 Å². The Balaban J connectivity index is 2.79. The smallest absolute Gasteiger partial charge is 0.449 e. The number of halogens is 3. The fourth-order valence-corrected chi connectivity index (χ4v) is 1.76. The third kappa shape index (κ3) is 2.25. The Bertz CT molecular complexity index is 648. The van der Waals surface area contributed by atoms with Crippen molar-refractivity contribution >= 4 is 17.1 Å². The van der Waals surface area contributed by atoms with Crippen LogP contribution in [0.2, 0.25) is 0 Å². The van der Waals surface area contributed by atoms with E-state index in [1.165, 1.54) is 12.3 Å². The number of aryl methyl sites for hydroxylation is 1. The number of carboxylic acids is 1. The topological polar surface area (TPSA) is 68.0 Å². The van der Waals surface area contributed by atoms with E-state index in [0.717, 1.165) is 6.92 Å². The number of imidazole rings is 1. The lowest BCUT2D eigenvalue weighted by Crippen LogP contribution is -2.23. The summed E-state index contributed by atoms with van der Waals surface area (Å²) in [7, 11) is 0. The third-order valence-corrected chi connectivity index (χ3v) is 2.66. The fraction of sp³-hybridized carbons (Fsp3) is 0.364. The van der Waals surface area contributed by atoms with E-state index in [9.17, 15) is 18.0 Å². The summed E-state index contributed by atoms with van der Waals surface area (Å²) >= 11 is 0. The summed E-state index contributed by atoms with van der Waals surface area (Å²) < 4.78 is 39.3. The molecular weight excluding hydrogens is 263 g/mol. The molecule has 0 amide bonds. The maximum absolute atomic E-state index is 12.9. The van der Waals surface area contributed by atoms with Crippen LogP contribution in [0.1, 0.15) is 24.4 Å². The average Bonchev–Trinajstić information content (AvgIpc) is 2.65. The second-order valence-electron chi connectivity index (χ2n) is 4.17. The molecule has 0 spiro atoms.